The van der Waals surface area contributed by atoms with Crippen molar-refractivity contribution in [3.8, 4) is 0 Å². The van der Waals surface area contributed by atoms with Crippen LogP contribution < -0.4 is 5.32 Å². The number of hydrogen-bond donors (Lipinski definition) is 1. The molecule has 6 rings (SSSR count). The number of Topliss-reactive ketones (excluding diaryl/α,β-unsaturated/α-hetero) is 2. The van der Waals surface area contributed by atoms with Crippen molar-refractivity contribution in [2.24, 2.45) is 11.3 Å². The number of benzene rings is 1. The van der Waals surface area contributed by atoms with Crippen molar-refractivity contribution in [1.29, 1.82) is 0 Å². The number of nitrogens with one attached hydrogen (secondary N) is 1. The Balaban J connectivity index is 1.39. The number of carbonyl (C=O) groups is 4. The Bertz CT molecular complexity index is 1770. The molecule has 47 heavy (non-hydrogen) atoms. The first-order valence-corrected chi connectivity index (χ1v) is 17.2. The lowest BCUT2D eigenvalue weighted by molar-refractivity contribution is -0.139. The summed E-state index contributed by atoms with van der Waals surface area (Å²) < 4.78 is 1.69. The molecule has 1 saturated carbocycles. The molecule has 9 nitrogen and oxygen atoms in total. The van der Waals surface area contributed by atoms with Crippen molar-refractivity contribution in [2.45, 2.75) is 111 Å². The number of aryl methyl sites for hydroxylation is 3. The lowest BCUT2D eigenvalue weighted by atomic mass is 9.94. The predicted molar refractivity (Wildman–Crippen MR) is 181 cm³/mol. The van der Waals surface area contributed by atoms with Gasteiger partial charge in [0.1, 0.15) is 12.2 Å². The van der Waals surface area contributed by atoms with E-state index in [2.05, 4.69) is 48.4 Å². The summed E-state index contributed by atoms with van der Waals surface area (Å²) in [6.07, 6.45) is 10.1. The summed E-state index contributed by atoms with van der Waals surface area (Å²) >= 11 is 0. The summed E-state index contributed by atoms with van der Waals surface area (Å²) in [6.45, 7) is 10.2. The van der Waals surface area contributed by atoms with Gasteiger partial charge < -0.3 is 10.2 Å². The van der Waals surface area contributed by atoms with Crippen molar-refractivity contribution >= 4 is 34.3 Å². The van der Waals surface area contributed by atoms with E-state index < -0.39 is 6.04 Å². The molecular formula is C38H47N5O4. The molecule has 1 N–H and O–H groups in total. The molecule has 9 heteroatoms. The van der Waals surface area contributed by atoms with Gasteiger partial charge in [-0.3, -0.25) is 28.8 Å². The van der Waals surface area contributed by atoms with Crippen LogP contribution in [0.3, 0.4) is 0 Å². The molecule has 2 bridgehead atoms. The lowest BCUT2D eigenvalue weighted by Gasteiger charge is -2.27. The standard InChI is InChI=1S/C38H47N5O4/c1-23(2)12-15-27-16-28-10-8-6-7-9-11-34(46)39-22-38-19-31(32(45)18-30-24(3)13-14-25(4)40-30)43(33(38)20-38)35(47)21-42-37(28)29(17-27)36(41-42)26(5)44/h6,8,13-14,16-17,23,31,33H,7,9-12,15,18-22H2,1-5H3,(H,39,46)/b8-6+/t31-,33+,38-/m0/s1. The van der Waals surface area contributed by atoms with Gasteiger partial charge in [-0.15, -0.1) is 0 Å². The zero-order valence-electron chi connectivity index (χ0n) is 28.4. The Morgan fingerprint density at radius 2 is 1.91 bits per heavy atom. The lowest BCUT2D eigenvalue weighted by Crippen LogP contribution is -2.45. The van der Waals surface area contributed by atoms with Gasteiger partial charge in [0.2, 0.25) is 11.8 Å². The Labute approximate surface area is 277 Å². The first kappa shape index (κ1) is 32.8. The van der Waals surface area contributed by atoms with E-state index >= 15 is 0 Å². The average molecular weight is 638 g/mol. The zero-order chi connectivity index (χ0) is 33.5. The van der Waals surface area contributed by atoms with Gasteiger partial charge >= 0.3 is 0 Å². The van der Waals surface area contributed by atoms with Gasteiger partial charge in [-0.25, -0.2) is 0 Å². The SMILES string of the molecule is CC(=O)c1nn2c3c(cc(CCC(C)C)cc13)C/C=C/CCCC(=O)NC[C@@]13C[C@@H](C(=O)Cc4nc(C)ccc4C)N(C(=O)C2)[C@@H]1C3. The molecule has 3 atom stereocenters. The van der Waals surface area contributed by atoms with E-state index in [0.717, 1.165) is 71.1 Å². The molecule has 4 heterocycles. The van der Waals surface area contributed by atoms with Crippen LogP contribution in [0.5, 0.6) is 0 Å². The summed E-state index contributed by atoms with van der Waals surface area (Å²) in [5.41, 5.74) is 5.54. The van der Waals surface area contributed by atoms with E-state index in [1.165, 1.54) is 6.92 Å². The number of carbonyl (C=O) groups excluding carboxylic acids is 4. The fraction of sp³-hybridized carbons (Fsp3) is 0.526. The maximum atomic E-state index is 14.4. The van der Waals surface area contributed by atoms with Gasteiger partial charge in [0.25, 0.3) is 0 Å². The largest absolute Gasteiger partial charge is 0.355 e. The Kier molecular flexibility index (Phi) is 9.18. The van der Waals surface area contributed by atoms with Crippen molar-refractivity contribution < 1.29 is 19.2 Å². The Morgan fingerprint density at radius 3 is 2.68 bits per heavy atom. The molecule has 1 saturated heterocycles. The number of allylic oxidation sites excluding steroid dienone is 2. The van der Waals surface area contributed by atoms with Crippen LogP contribution in [0.1, 0.15) is 97.9 Å². The second kappa shape index (κ2) is 13.2. The molecule has 248 valence electrons. The first-order valence-electron chi connectivity index (χ1n) is 17.2. The first-order chi connectivity index (χ1) is 22.5. The number of ketones is 2. The second-order valence-corrected chi connectivity index (χ2v) is 14.5. The number of hydrogen-bond acceptors (Lipinski definition) is 6. The van der Waals surface area contributed by atoms with E-state index in [1.807, 2.05) is 26.0 Å². The maximum absolute atomic E-state index is 14.4. The fourth-order valence-electron chi connectivity index (χ4n) is 7.54. The number of nitrogens with zero attached hydrogens (tertiary/aromatic N) is 4. The third kappa shape index (κ3) is 6.81. The highest BCUT2D eigenvalue weighted by Crippen LogP contribution is 2.59. The van der Waals surface area contributed by atoms with Gasteiger partial charge in [-0.2, -0.15) is 5.10 Å². The molecule has 2 fully saturated rings. The molecule has 1 aliphatic carbocycles. The molecule has 1 aromatic carbocycles. The molecule has 3 aromatic rings. The smallest absolute Gasteiger partial charge is 0.245 e. The normalized spacial score (nSPS) is 23.8. The molecule has 2 aliphatic heterocycles. The topological polar surface area (TPSA) is 114 Å². The minimum Gasteiger partial charge on any atom is -0.355 e. The Morgan fingerprint density at radius 1 is 1.11 bits per heavy atom. The number of pyridine rings is 1. The summed E-state index contributed by atoms with van der Waals surface area (Å²) in [7, 11) is 0. The zero-order valence-corrected chi connectivity index (χ0v) is 28.4. The number of rotatable bonds is 7. The maximum Gasteiger partial charge on any atom is 0.245 e. The van der Waals surface area contributed by atoms with Gasteiger partial charge in [-0.1, -0.05) is 38.1 Å². The van der Waals surface area contributed by atoms with Crippen molar-refractivity contribution in [1.82, 2.24) is 25.0 Å². The summed E-state index contributed by atoms with van der Waals surface area (Å²) in [4.78, 5) is 60.5. The molecule has 3 aliphatic rings. The van der Waals surface area contributed by atoms with Crippen LogP contribution >= 0.6 is 0 Å². The van der Waals surface area contributed by atoms with Gasteiger partial charge in [0, 0.05) is 42.4 Å². The van der Waals surface area contributed by atoms with Crippen LogP contribution in [0, 0.1) is 25.2 Å². The molecule has 2 aromatic heterocycles. The van der Waals surface area contributed by atoms with E-state index in [0.29, 0.717) is 37.4 Å². The van der Waals surface area contributed by atoms with E-state index in [4.69, 9.17) is 5.10 Å². The summed E-state index contributed by atoms with van der Waals surface area (Å²) in [6, 6.07) is 7.42. The molecule has 0 unspecified atom stereocenters. The monoisotopic (exact) mass is 637 g/mol. The molecule has 0 radical (unpaired) electrons. The Hall–Kier alpha value is -4.14. The minimum atomic E-state index is -0.613. The van der Waals surface area contributed by atoms with Gasteiger partial charge in [0.05, 0.1) is 23.7 Å². The number of amides is 2. The fourth-order valence-corrected chi connectivity index (χ4v) is 7.54. The van der Waals surface area contributed by atoms with E-state index in [1.54, 1.807) is 9.58 Å². The highest BCUT2D eigenvalue weighted by atomic mass is 16.2. The summed E-state index contributed by atoms with van der Waals surface area (Å²) in [5, 5.41) is 8.65. The molecule has 0 spiro atoms. The second-order valence-electron chi connectivity index (χ2n) is 14.5. The van der Waals surface area contributed by atoms with Crippen LogP contribution in [0.2, 0.25) is 0 Å². The van der Waals surface area contributed by atoms with E-state index in [-0.39, 0.29) is 47.8 Å². The van der Waals surface area contributed by atoms with Gasteiger partial charge in [0.15, 0.2) is 11.6 Å². The van der Waals surface area contributed by atoms with Crippen LogP contribution in [0.4, 0.5) is 0 Å². The third-order valence-electron chi connectivity index (χ3n) is 10.3. The molecule has 2 amide bonds. The average Bonchev–Trinajstić information content (AvgIpc) is 3.43. The van der Waals surface area contributed by atoms with Crippen LogP contribution in [0.25, 0.3) is 10.9 Å². The highest BCUT2D eigenvalue weighted by molar-refractivity contribution is 6.06. The molecular weight excluding hydrogens is 590 g/mol. The van der Waals surface area contributed by atoms with Crippen LogP contribution in [-0.4, -0.2) is 61.7 Å². The summed E-state index contributed by atoms with van der Waals surface area (Å²) in [5.74, 6) is 0.173. The van der Waals surface area contributed by atoms with Crippen molar-refractivity contribution in [3.05, 3.63) is 70.2 Å². The minimum absolute atomic E-state index is 0.00596. The van der Waals surface area contributed by atoms with Gasteiger partial charge in [-0.05, 0) is 93.5 Å². The van der Waals surface area contributed by atoms with Crippen molar-refractivity contribution in [3.63, 3.8) is 0 Å². The van der Waals surface area contributed by atoms with Crippen LogP contribution in [0.15, 0.2) is 36.4 Å². The third-order valence-corrected chi connectivity index (χ3v) is 10.3. The quantitative estimate of drug-likeness (QED) is 0.274. The van der Waals surface area contributed by atoms with Crippen LogP contribution in [-0.2, 0) is 40.2 Å². The van der Waals surface area contributed by atoms with E-state index in [9.17, 15) is 19.2 Å². The van der Waals surface area contributed by atoms with Crippen molar-refractivity contribution in [2.75, 3.05) is 6.54 Å². The highest BCUT2D eigenvalue weighted by Gasteiger charge is 2.66. The predicted octanol–water partition coefficient (Wildman–Crippen LogP) is 5.41. The number of piperidine rings is 1. The number of aromatic nitrogens is 3.